The molecule has 0 bridgehead atoms. The first-order valence-electron chi connectivity index (χ1n) is 7.11. The van der Waals surface area contributed by atoms with Crippen molar-refractivity contribution in [1.82, 2.24) is 10.2 Å². The molecule has 1 spiro atoms. The summed E-state index contributed by atoms with van der Waals surface area (Å²) >= 11 is 0. The van der Waals surface area contributed by atoms with E-state index in [-0.39, 0.29) is 0 Å². The summed E-state index contributed by atoms with van der Waals surface area (Å²) in [6.07, 6.45) is 5.88. The molecule has 0 aliphatic heterocycles. The maximum absolute atomic E-state index is 5.87. The summed E-state index contributed by atoms with van der Waals surface area (Å²) < 4.78 is 5.87. The van der Waals surface area contributed by atoms with Crippen LogP contribution in [0.25, 0.3) is 0 Å². The van der Waals surface area contributed by atoms with Crippen LogP contribution in [0.2, 0.25) is 0 Å². The number of nitrogens with one attached hydrogen (secondary N) is 1. The van der Waals surface area contributed by atoms with E-state index in [1.54, 1.807) is 0 Å². The number of rotatable bonds is 6. The molecule has 0 radical (unpaired) electrons. The van der Waals surface area contributed by atoms with E-state index in [1.807, 2.05) is 0 Å². The molecule has 0 aromatic carbocycles. The molecule has 1 N–H and O–H groups in total. The fourth-order valence-electron chi connectivity index (χ4n) is 3.22. The van der Waals surface area contributed by atoms with Gasteiger partial charge in [-0.05, 0) is 47.2 Å². The van der Waals surface area contributed by atoms with Crippen LogP contribution in [-0.4, -0.2) is 50.3 Å². The van der Waals surface area contributed by atoms with Gasteiger partial charge >= 0.3 is 0 Å². The molecule has 17 heavy (non-hydrogen) atoms. The first-order chi connectivity index (χ1) is 8.10. The van der Waals surface area contributed by atoms with Crippen molar-refractivity contribution in [1.29, 1.82) is 0 Å². The van der Waals surface area contributed by atoms with Gasteiger partial charge in [0.25, 0.3) is 0 Å². The minimum absolute atomic E-state index is 0.502. The zero-order valence-corrected chi connectivity index (χ0v) is 11.8. The molecule has 2 fully saturated rings. The first kappa shape index (κ1) is 13.3. The van der Waals surface area contributed by atoms with Gasteiger partial charge in [0.05, 0.1) is 6.10 Å². The van der Waals surface area contributed by atoms with Crippen LogP contribution in [0.4, 0.5) is 0 Å². The van der Waals surface area contributed by atoms with Crippen LogP contribution in [0.15, 0.2) is 0 Å². The van der Waals surface area contributed by atoms with Crippen molar-refractivity contribution in [3.8, 4) is 0 Å². The van der Waals surface area contributed by atoms with Gasteiger partial charge < -0.3 is 15.0 Å². The Labute approximate surface area is 106 Å². The van der Waals surface area contributed by atoms with E-state index in [0.29, 0.717) is 23.6 Å². The second-order valence-corrected chi connectivity index (χ2v) is 6.04. The molecule has 0 aromatic rings. The smallest absolute Gasteiger partial charge is 0.0661 e. The van der Waals surface area contributed by atoms with Gasteiger partial charge in [-0.3, -0.25) is 0 Å². The van der Waals surface area contributed by atoms with Crippen molar-refractivity contribution in [2.45, 2.75) is 57.7 Å². The Balaban J connectivity index is 1.79. The predicted octanol–water partition coefficient (Wildman–Crippen LogP) is 1.87. The van der Waals surface area contributed by atoms with Gasteiger partial charge in [0.1, 0.15) is 0 Å². The summed E-state index contributed by atoms with van der Waals surface area (Å²) in [5, 5.41) is 3.76. The van der Waals surface area contributed by atoms with Crippen molar-refractivity contribution in [3.63, 3.8) is 0 Å². The molecule has 100 valence electrons. The third-order valence-electron chi connectivity index (χ3n) is 4.98. The second-order valence-electron chi connectivity index (χ2n) is 6.04. The zero-order chi connectivity index (χ0) is 12.5. The van der Waals surface area contributed by atoms with Crippen molar-refractivity contribution in [3.05, 3.63) is 0 Å². The number of hydrogen-bond donors (Lipinski definition) is 1. The van der Waals surface area contributed by atoms with Crippen LogP contribution >= 0.6 is 0 Å². The Bertz CT molecular complexity index is 251. The Morgan fingerprint density at radius 1 is 1.41 bits per heavy atom. The van der Waals surface area contributed by atoms with Gasteiger partial charge in [-0.1, -0.05) is 6.42 Å². The van der Waals surface area contributed by atoms with Crippen molar-refractivity contribution >= 4 is 0 Å². The number of ether oxygens (including phenoxy) is 1. The van der Waals surface area contributed by atoms with E-state index in [0.717, 1.165) is 13.2 Å². The fourth-order valence-corrected chi connectivity index (χ4v) is 3.22. The van der Waals surface area contributed by atoms with Crippen LogP contribution in [0.5, 0.6) is 0 Å². The lowest BCUT2D eigenvalue weighted by Crippen LogP contribution is -2.67. The number of likely N-dealkylation sites (N-methyl/N-ethyl adjacent to an activating group) is 1. The molecule has 3 nitrogen and oxygen atoms in total. The third kappa shape index (κ3) is 2.38. The van der Waals surface area contributed by atoms with Crippen LogP contribution in [-0.2, 0) is 4.74 Å². The average Bonchev–Trinajstić information content (AvgIpc) is 2.19. The molecule has 2 aliphatic rings. The molecule has 0 aromatic heterocycles. The molecular weight excluding hydrogens is 212 g/mol. The van der Waals surface area contributed by atoms with Gasteiger partial charge in [-0.2, -0.15) is 0 Å². The molecule has 0 heterocycles. The van der Waals surface area contributed by atoms with Gasteiger partial charge in [0, 0.05) is 30.7 Å². The van der Waals surface area contributed by atoms with E-state index in [2.05, 4.69) is 38.2 Å². The largest absolute Gasteiger partial charge is 0.378 e. The SMILES string of the molecule is CCOC1CC(NCC(C)N(C)C)C12CCC2. The van der Waals surface area contributed by atoms with E-state index in [9.17, 15) is 0 Å². The Morgan fingerprint density at radius 2 is 2.12 bits per heavy atom. The Hall–Kier alpha value is -0.120. The van der Waals surface area contributed by atoms with E-state index in [1.165, 1.54) is 25.7 Å². The summed E-state index contributed by atoms with van der Waals surface area (Å²) in [5.74, 6) is 0. The third-order valence-corrected chi connectivity index (χ3v) is 4.98. The quantitative estimate of drug-likeness (QED) is 0.767. The van der Waals surface area contributed by atoms with Crippen molar-refractivity contribution < 1.29 is 4.74 Å². The monoisotopic (exact) mass is 240 g/mol. The van der Waals surface area contributed by atoms with Gasteiger partial charge in [0.15, 0.2) is 0 Å². The van der Waals surface area contributed by atoms with Crippen molar-refractivity contribution in [2.24, 2.45) is 5.41 Å². The van der Waals surface area contributed by atoms with Crippen LogP contribution < -0.4 is 5.32 Å². The summed E-state index contributed by atoms with van der Waals surface area (Å²) in [6, 6.07) is 1.31. The zero-order valence-electron chi connectivity index (χ0n) is 11.8. The number of hydrogen-bond acceptors (Lipinski definition) is 3. The predicted molar refractivity (Wildman–Crippen MR) is 71.3 cm³/mol. The number of nitrogens with zero attached hydrogens (tertiary/aromatic N) is 1. The van der Waals surface area contributed by atoms with E-state index < -0.39 is 0 Å². The average molecular weight is 240 g/mol. The maximum atomic E-state index is 5.87. The maximum Gasteiger partial charge on any atom is 0.0661 e. The molecule has 2 saturated carbocycles. The molecule has 3 atom stereocenters. The molecule has 2 aliphatic carbocycles. The highest BCUT2D eigenvalue weighted by Gasteiger charge is 2.58. The summed E-state index contributed by atoms with van der Waals surface area (Å²) in [6.45, 7) is 6.35. The summed E-state index contributed by atoms with van der Waals surface area (Å²) in [4.78, 5) is 2.28. The highest BCUT2D eigenvalue weighted by Crippen LogP contribution is 2.57. The molecule has 0 saturated heterocycles. The molecule has 0 amide bonds. The normalized spacial score (nSPS) is 32.3. The fraction of sp³-hybridized carbons (Fsp3) is 1.00. The second kappa shape index (κ2) is 5.25. The van der Waals surface area contributed by atoms with Gasteiger partial charge in [-0.25, -0.2) is 0 Å². The van der Waals surface area contributed by atoms with Crippen LogP contribution in [0, 0.1) is 5.41 Å². The van der Waals surface area contributed by atoms with Crippen LogP contribution in [0.1, 0.15) is 39.5 Å². The highest BCUT2D eigenvalue weighted by atomic mass is 16.5. The van der Waals surface area contributed by atoms with Crippen LogP contribution in [0.3, 0.4) is 0 Å². The molecule has 3 heteroatoms. The lowest BCUT2D eigenvalue weighted by Gasteiger charge is -2.61. The molecule has 2 rings (SSSR count). The van der Waals surface area contributed by atoms with Gasteiger partial charge in [0.2, 0.25) is 0 Å². The summed E-state index contributed by atoms with van der Waals surface area (Å²) in [7, 11) is 4.30. The summed E-state index contributed by atoms with van der Waals surface area (Å²) in [5.41, 5.74) is 0.502. The first-order valence-corrected chi connectivity index (χ1v) is 7.11. The standard InChI is InChI=1S/C14H28N2O/c1-5-17-13-9-12(14(13)7-6-8-14)15-10-11(2)16(3)4/h11-13,15H,5-10H2,1-4H3. The highest BCUT2D eigenvalue weighted by molar-refractivity contribution is 5.12. The Kier molecular flexibility index (Phi) is 4.11. The van der Waals surface area contributed by atoms with Crippen molar-refractivity contribution in [2.75, 3.05) is 27.2 Å². The minimum Gasteiger partial charge on any atom is -0.378 e. The minimum atomic E-state index is 0.502. The lowest BCUT2D eigenvalue weighted by molar-refractivity contribution is -0.173. The molecule has 3 unspecified atom stereocenters. The van der Waals surface area contributed by atoms with Gasteiger partial charge in [-0.15, -0.1) is 0 Å². The topological polar surface area (TPSA) is 24.5 Å². The van der Waals surface area contributed by atoms with E-state index >= 15 is 0 Å². The van der Waals surface area contributed by atoms with E-state index in [4.69, 9.17) is 4.74 Å². The Morgan fingerprint density at radius 3 is 2.59 bits per heavy atom. The lowest BCUT2D eigenvalue weighted by atomic mass is 9.51. The molecular formula is C14H28N2O.